The second kappa shape index (κ2) is 4.55. The van der Waals surface area contributed by atoms with Crippen LogP contribution in [0.5, 0.6) is 0 Å². The molecule has 0 bridgehead atoms. The topological polar surface area (TPSA) is 47.1 Å². The van der Waals surface area contributed by atoms with Crippen molar-refractivity contribution in [1.82, 2.24) is 14.5 Å². The molecule has 0 spiro atoms. The van der Waals surface area contributed by atoms with Gasteiger partial charge < -0.3 is 15.2 Å². The zero-order chi connectivity index (χ0) is 11.6. The molecular formula is C12H22N4. The average Bonchev–Trinajstić information content (AvgIpc) is 2.84. The number of imidazole rings is 1. The smallest absolute Gasteiger partial charge is 0.105 e. The van der Waals surface area contributed by atoms with Crippen LogP contribution in [0.15, 0.2) is 12.4 Å². The average molecular weight is 222 g/mol. The van der Waals surface area contributed by atoms with Gasteiger partial charge in [-0.25, -0.2) is 4.98 Å². The summed E-state index contributed by atoms with van der Waals surface area (Å²) in [7, 11) is 0. The standard InChI is InChI=1S/C12H22N4/c1-11-14-4-6-16(11)8-7-15-5-3-12(2,9-13)10-15/h4,6H,3,5,7-10,13H2,1-2H3. The first-order valence-corrected chi connectivity index (χ1v) is 6.03. The Kier molecular flexibility index (Phi) is 3.30. The molecule has 1 aliphatic rings. The Morgan fingerprint density at radius 3 is 2.88 bits per heavy atom. The van der Waals surface area contributed by atoms with E-state index in [0.29, 0.717) is 5.41 Å². The molecule has 90 valence electrons. The summed E-state index contributed by atoms with van der Waals surface area (Å²) in [5.41, 5.74) is 6.14. The zero-order valence-electron chi connectivity index (χ0n) is 10.3. The van der Waals surface area contributed by atoms with Gasteiger partial charge in [0, 0.05) is 32.0 Å². The van der Waals surface area contributed by atoms with Crippen LogP contribution in [0.2, 0.25) is 0 Å². The summed E-state index contributed by atoms with van der Waals surface area (Å²) in [5, 5.41) is 0. The molecule has 1 saturated heterocycles. The molecule has 1 unspecified atom stereocenters. The molecule has 0 aliphatic carbocycles. The predicted molar refractivity (Wildman–Crippen MR) is 65.2 cm³/mol. The molecule has 4 heteroatoms. The molecule has 0 radical (unpaired) electrons. The lowest BCUT2D eigenvalue weighted by atomic mass is 9.90. The molecule has 0 amide bonds. The van der Waals surface area contributed by atoms with Crippen LogP contribution in [-0.2, 0) is 6.54 Å². The Bertz CT molecular complexity index is 347. The lowest BCUT2D eigenvalue weighted by Crippen LogP contribution is -2.32. The SMILES string of the molecule is Cc1nccn1CCN1CCC(C)(CN)C1. The fourth-order valence-corrected chi connectivity index (χ4v) is 2.37. The van der Waals surface area contributed by atoms with Crippen molar-refractivity contribution in [2.24, 2.45) is 11.1 Å². The van der Waals surface area contributed by atoms with E-state index in [4.69, 9.17) is 5.73 Å². The number of nitrogens with two attached hydrogens (primary N) is 1. The van der Waals surface area contributed by atoms with Gasteiger partial charge in [-0.05, 0) is 31.8 Å². The zero-order valence-corrected chi connectivity index (χ0v) is 10.3. The van der Waals surface area contributed by atoms with Crippen LogP contribution in [0.3, 0.4) is 0 Å². The number of hydrogen-bond donors (Lipinski definition) is 1. The molecule has 0 aromatic carbocycles. The van der Waals surface area contributed by atoms with E-state index >= 15 is 0 Å². The minimum Gasteiger partial charge on any atom is -0.334 e. The Labute approximate surface area is 97.4 Å². The Balaban J connectivity index is 1.82. The molecule has 0 saturated carbocycles. The van der Waals surface area contributed by atoms with E-state index in [0.717, 1.165) is 32.0 Å². The van der Waals surface area contributed by atoms with Crippen LogP contribution in [-0.4, -0.2) is 40.6 Å². The van der Waals surface area contributed by atoms with Crippen LogP contribution in [0.1, 0.15) is 19.2 Å². The minimum absolute atomic E-state index is 0.337. The molecule has 2 heterocycles. The fourth-order valence-electron chi connectivity index (χ4n) is 2.37. The van der Waals surface area contributed by atoms with Gasteiger partial charge in [0.2, 0.25) is 0 Å². The largest absolute Gasteiger partial charge is 0.334 e. The first kappa shape index (κ1) is 11.6. The molecule has 1 aromatic rings. The number of nitrogens with zero attached hydrogens (tertiary/aromatic N) is 3. The third kappa shape index (κ3) is 2.44. The van der Waals surface area contributed by atoms with Gasteiger partial charge in [0.15, 0.2) is 0 Å². The number of likely N-dealkylation sites (tertiary alicyclic amines) is 1. The summed E-state index contributed by atoms with van der Waals surface area (Å²) in [4.78, 5) is 6.74. The molecule has 2 rings (SSSR count). The Morgan fingerprint density at radius 2 is 2.31 bits per heavy atom. The normalized spacial score (nSPS) is 26.4. The molecule has 1 aromatic heterocycles. The summed E-state index contributed by atoms with van der Waals surface area (Å²) in [5.74, 6) is 1.10. The summed E-state index contributed by atoms with van der Waals surface area (Å²) in [6.07, 6.45) is 5.14. The second-order valence-corrected chi connectivity index (χ2v) is 5.21. The number of aromatic nitrogens is 2. The maximum absolute atomic E-state index is 5.80. The Hall–Kier alpha value is -0.870. The predicted octanol–water partition coefficient (Wildman–Crippen LogP) is 0.862. The molecular weight excluding hydrogens is 200 g/mol. The number of hydrogen-bond acceptors (Lipinski definition) is 3. The summed E-state index contributed by atoms with van der Waals surface area (Å²) in [6, 6.07) is 0. The van der Waals surface area contributed by atoms with E-state index in [9.17, 15) is 0 Å². The molecule has 1 aliphatic heterocycles. The highest BCUT2D eigenvalue weighted by Gasteiger charge is 2.31. The molecule has 2 N–H and O–H groups in total. The van der Waals surface area contributed by atoms with Gasteiger partial charge in [0.05, 0.1) is 0 Å². The monoisotopic (exact) mass is 222 g/mol. The van der Waals surface area contributed by atoms with E-state index in [2.05, 4.69) is 21.4 Å². The molecule has 1 atom stereocenters. The van der Waals surface area contributed by atoms with Gasteiger partial charge in [0.1, 0.15) is 5.82 Å². The molecule has 16 heavy (non-hydrogen) atoms. The van der Waals surface area contributed by atoms with Crippen LogP contribution in [0.25, 0.3) is 0 Å². The van der Waals surface area contributed by atoms with Crippen LogP contribution in [0, 0.1) is 12.3 Å². The van der Waals surface area contributed by atoms with Gasteiger partial charge in [-0.2, -0.15) is 0 Å². The summed E-state index contributed by atoms with van der Waals surface area (Å²) in [6.45, 7) is 9.59. The van der Waals surface area contributed by atoms with Crippen molar-refractivity contribution in [3.05, 3.63) is 18.2 Å². The van der Waals surface area contributed by atoms with E-state index in [-0.39, 0.29) is 0 Å². The van der Waals surface area contributed by atoms with Crippen molar-refractivity contribution < 1.29 is 0 Å². The summed E-state index contributed by atoms with van der Waals surface area (Å²) >= 11 is 0. The molecule has 1 fully saturated rings. The van der Waals surface area contributed by atoms with Crippen molar-refractivity contribution in [1.29, 1.82) is 0 Å². The first-order valence-electron chi connectivity index (χ1n) is 6.03. The van der Waals surface area contributed by atoms with E-state index in [1.54, 1.807) is 0 Å². The van der Waals surface area contributed by atoms with Gasteiger partial charge in [-0.1, -0.05) is 6.92 Å². The first-order chi connectivity index (χ1) is 7.63. The van der Waals surface area contributed by atoms with Crippen molar-refractivity contribution >= 4 is 0 Å². The summed E-state index contributed by atoms with van der Waals surface area (Å²) < 4.78 is 2.21. The highest BCUT2D eigenvalue weighted by atomic mass is 15.2. The van der Waals surface area contributed by atoms with E-state index in [1.807, 2.05) is 19.3 Å². The van der Waals surface area contributed by atoms with Crippen LogP contribution in [0.4, 0.5) is 0 Å². The highest BCUT2D eigenvalue weighted by Crippen LogP contribution is 2.28. The Morgan fingerprint density at radius 1 is 1.50 bits per heavy atom. The maximum atomic E-state index is 5.80. The van der Waals surface area contributed by atoms with Crippen molar-refractivity contribution in [2.75, 3.05) is 26.2 Å². The third-order valence-electron chi connectivity index (χ3n) is 3.71. The van der Waals surface area contributed by atoms with E-state index in [1.165, 1.54) is 13.0 Å². The van der Waals surface area contributed by atoms with Crippen molar-refractivity contribution in [2.45, 2.75) is 26.8 Å². The minimum atomic E-state index is 0.337. The quantitative estimate of drug-likeness (QED) is 0.822. The van der Waals surface area contributed by atoms with Gasteiger partial charge in [0.25, 0.3) is 0 Å². The van der Waals surface area contributed by atoms with Crippen molar-refractivity contribution in [3.8, 4) is 0 Å². The third-order valence-corrected chi connectivity index (χ3v) is 3.71. The van der Waals surface area contributed by atoms with Gasteiger partial charge in [-0.15, -0.1) is 0 Å². The number of rotatable bonds is 4. The second-order valence-electron chi connectivity index (χ2n) is 5.21. The van der Waals surface area contributed by atoms with Crippen LogP contribution >= 0.6 is 0 Å². The lowest BCUT2D eigenvalue weighted by Gasteiger charge is -2.22. The number of aryl methyl sites for hydroxylation is 1. The lowest BCUT2D eigenvalue weighted by molar-refractivity contribution is 0.271. The van der Waals surface area contributed by atoms with Crippen molar-refractivity contribution in [3.63, 3.8) is 0 Å². The van der Waals surface area contributed by atoms with Gasteiger partial charge in [-0.3, -0.25) is 0 Å². The van der Waals surface area contributed by atoms with Crippen LogP contribution < -0.4 is 5.73 Å². The highest BCUT2D eigenvalue weighted by molar-refractivity contribution is 4.90. The fraction of sp³-hybridized carbons (Fsp3) is 0.750. The maximum Gasteiger partial charge on any atom is 0.105 e. The molecule has 4 nitrogen and oxygen atoms in total. The van der Waals surface area contributed by atoms with Gasteiger partial charge >= 0.3 is 0 Å². The van der Waals surface area contributed by atoms with E-state index < -0.39 is 0 Å².